The SMILES string of the molecule is c1ccc(C2=Nc3[nH]c4ccccc4c3C(c3ccccc3)C2)cc1. The maximum absolute atomic E-state index is 4.99. The number of nitrogens with zero attached hydrogens (tertiary/aromatic N) is 1. The van der Waals surface area contributed by atoms with Crippen molar-refractivity contribution in [1.82, 2.24) is 4.98 Å². The van der Waals surface area contributed by atoms with Gasteiger partial charge in [0.25, 0.3) is 0 Å². The van der Waals surface area contributed by atoms with E-state index in [4.69, 9.17) is 4.99 Å². The Morgan fingerprint density at radius 1 is 0.760 bits per heavy atom. The van der Waals surface area contributed by atoms with Gasteiger partial charge in [-0.05, 0) is 17.2 Å². The molecule has 0 saturated heterocycles. The summed E-state index contributed by atoms with van der Waals surface area (Å²) in [4.78, 5) is 8.52. The first-order chi connectivity index (χ1) is 12.4. The molecule has 0 saturated carbocycles. The first-order valence-corrected chi connectivity index (χ1v) is 8.69. The van der Waals surface area contributed by atoms with E-state index in [1.165, 1.54) is 22.1 Å². The lowest BCUT2D eigenvalue weighted by Gasteiger charge is -2.23. The highest BCUT2D eigenvalue weighted by Gasteiger charge is 2.28. The maximum Gasteiger partial charge on any atom is 0.135 e. The highest BCUT2D eigenvalue weighted by molar-refractivity contribution is 6.06. The maximum atomic E-state index is 4.99. The van der Waals surface area contributed by atoms with Gasteiger partial charge in [0.2, 0.25) is 0 Å². The normalized spacial score (nSPS) is 16.5. The van der Waals surface area contributed by atoms with Gasteiger partial charge in [0.05, 0.1) is 5.71 Å². The molecule has 4 aromatic rings. The fourth-order valence-electron chi connectivity index (χ4n) is 3.85. The van der Waals surface area contributed by atoms with Gasteiger partial charge in [-0.1, -0.05) is 78.9 Å². The summed E-state index contributed by atoms with van der Waals surface area (Å²) < 4.78 is 0. The Morgan fingerprint density at radius 2 is 1.44 bits per heavy atom. The van der Waals surface area contributed by atoms with Crippen LogP contribution in [0.15, 0.2) is 89.9 Å². The van der Waals surface area contributed by atoms with Crippen molar-refractivity contribution < 1.29 is 0 Å². The third-order valence-electron chi connectivity index (χ3n) is 5.03. The molecule has 3 aromatic carbocycles. The lowest BCUT2D eigenvalue weighted by Crippen LogP contribution is -2.14. The number of aromatic nitrogens is 1. The van der Waals surface area contributed by atoms with E-state index < -0.39 is 0 Å². The summed E-state index contributed by atoms with van der Waals surface area (Å²) in [7, 11) is 0. The van der Waals surface area contributed by atoms with Crippen molar-refractivity contribution in [3.8, 4) is 0 Å². The van der Waals surface area contributed by atoms with E-state index in [0.717, 1.165) is 23.5 Å². The average molecular weight is 322 g/mol. The largest absolute Gasteiger partial charge is 0.339 e. The Morgan fingerprint density at radius 3 is 2.24 bits per heavy atom. The molecule has 0 bridgehead atoms. The molecule has 1 atom stereocenters. The number of aliphatic imine (C=N–C) groups is 1. The molecule has 1 aliphatic rings. The zero-order chi connectivity index (χ0) is 16.6. The summed E-state index contributed by atoms with van der Waals surface area (Å²) in [6.45, 7) is 0. The molecule has 1 aromatic heterocycles. The van der Waals surface area contributed by atoms with Crippen molar-refractivity contribution in [3.63, 3.8) is 0 Å². The summed E-state index contributed by atoms with van der Waals surface area (Å²) in [5.41, 5.74) is 6.17. The van der Waals surface area contributed by atoms with Crippen molar-refractivity contribution in [2.24, 2.45) is 4.99 Å². The van der Waals surface area contributed by atoms with Crippen molar-refractivity contribution in [2.45, 2.75) is 12.3 Å². The summed E-state index contributed by atoms with van der Waals surface area (Å²) in [5, 5.41) is 1.28. The van der Waals surface area contributed by atoms with Crippen molar-refractivity contribution in [1.29, 1.82) is 0 Å². The Labute approximate surface area is 146 Å². The van der Waals surface area contributed by atoms with E-state index >= 15 is 0 Å². The molecule has 120 valence electrons. The summed E-state index contributed by atoms with van der Waals surface area (Å²) in [6.07, 6.45) is 0.920. The zero-order valence-electron chi connectivity index (χ0n) is 13.8. The summed E-state index contributed by atoms with van der Waals surface area (Å²) in [5.74, 6) is 1.32. The molecule has 0 fully saturated rings. The molecule has 0 aliphatic carbocycles. The lowest BCUT2D eigenvalue weighted by molar-refractivity contribution is 0.847. The minimum absolute atomic E-state index is 0.319. The lowest BCUT2D eigenvalue weighted by atomic mass is 9.83. The molecule has 2 nitrogen and oxygen atoms in total. The van der Waals surface area contributed by atoms with Crippen LogP contribution in [-0.4, -0.2) is 10.7 Å². The van der Waals surface area contributed by atoms with Gasteiger partial charge in [0.15, 0.2) is 0 Å². The van der Waals surface area contributed by atoms with Gasteiger partial charge in [-0.3, -0.25) is 0 Å². The molecule has 0 radical (unpaired) electrons. The van der Waals surface area contributed by atoms with Crippen molar-refractivity contribution >= 4 is 22.4 Å². The van der Waals surface area contributed by atoms with Gasteiger partial charge in [-0.2, -0.15) is 0 Å². The molecule has 1 aliphatic heterocycles. The first-order valence-electron chi connectivity index (χ1n) is 8.69. The van der Waals surface area contributed by atoms with Crippen LogP contribution >= 0.6 is 0 Å². The minimum atomic E-state index is 0.319. The van der Waals surface area contributed by atoms with E-state index in [9.17, 15) is 0 Å². The number of H-pyrrole nitrogens is 1. The van der Waals surface area contributed by atoms with Gasteiger partial charge in [-0.15, -0.1) is 0 Å². The van der Waals surface area contributed by atoms with Crippen LogP contribution in [0.3, 0.4) is 0 Å². The van der Waals surface area contributed by atoms with E-state index in [2.05, 4.69) is 89.9 Å². The van der Waals surface area contributed by atoms with Gasteiger partial charge < -0.3 is 4.98 Å². The molecule has 2 heteroatoms. The van der Waals surface area contributed by atoms with Crippen LogP contribution in [0, 0.1) is 0 Å². The van der Waals surface area contributed by atoms with Gasteiger partial charge in [0.1, 0.15) is 5.82 Å². The van der Waals surface area contributed by atoms with Gasteiger partial charge >= 0.3 is 0 Å². The monoisotopic (exact) mass is 322 g/mol. The molecule has 0 spiro atoms. The van der Waals surface area contributed by atoms with Crippen LogP contribution in [0.1, 0.15) is 29.0 Å². The number of rotatable bonds is 2. The number of para-hydroxylation sites is 1. The highest BCUT2D eigenvalue weighted by atomic mass is 14.9. The van der Waals surface area contributed by atoms with Crippen molar-refractivity contribution in [3.05, 3.63) is 102 Å². The Hall–Kier alpha value is -3.13. The molecule has 0 amide bonds. The van der Waals surface area contributed by atoms with Crippen LogP contribution in [0.5, 0.6) is 0 Å². The van der Waals surface area contributed by atoms with Crippen LogP contribution in [0.25, 0.3) is 10.9 Å². The molecule has 2 heterocycles. The smallest absolute Gasteiger partial charge is 0.135 e. The van der Waals surface area contributed by atoms with Crippen molar-refractivity contribution in [2.75, 3.05) is 0 Å². The van der Waals surface area contributed by atoms with E-state index in [1.54, 1.807) is 0 Å². The number of aromatic amines is 1. The quantitative estimate of drug-likeness (QED) is 0.481. The fourth-order valence-corrected chi connectivity index (χ4v) is 3.85. The van der Waals surface area contributed by atoms with Crippen LogP contribution in [-0.2, 0) is 0 Å². The molecular formula is C23H18N2. The third kappa shape index (κ3) is 2.38. The second-order valence-corrected chi connectivity index (χ2v) is 6.52. The second kappa shape index (κ2) is 5.75. The number of hydrogen-bond donors (Lipinski definition) is 1. The zero-order valence-corrected chi connectivity index (χ0v) is 13.8. The summed E-state index contributed by atoms with van der Waals surface area (Å²) >= 11 is 0. The minimum Gasteiger partial charge on any atom is -0.339 e. The van der Waals surface area contributed by atoms with Crippen LogP contribution < -0.4 is 0 Å². The Bertz CT molecular complexity index is 1060. The summed E-state index contributed by atoms with van der Waals surface area (Å²) in [6, 6.07) is 29.8. The fraction of sp³-hybridized carbons (Fsp3) is 0.0870. The van der Waals surface area contributed by atoms with Crippen LogP contribution in [0.2, 0.25) is 0 Å². The number of nitrogens with one attached hydrogen (secondary N) is 1. The predicted octanol–water partition coefficient (Wildman–Crippen LogP) is 5.82. The molecule has 25 heavy (non-hydrogen) atoms. The molecule has 5 rings (SSSR count). The number of fused-ring (bicyclic) bond motifs is 3. The van der Waals surface area contributed by atoms with Crippen LogP contribution in [0.4, 0.5) is 5.82 Å². The first kappa shape index (κ1) is 14.2. The van der Waals surface area contributed by atoms with E-state index in [-0.39, 0.29) is 0 Å². The number of benzene rings is 3. The molecule has 1 N–H and O–H groups in total. The number of hydrogen-bond acceptors (Lipinski definition) is 1. The average Bonchev–Trinajstić information content (AvgIpc) is 3.07. The highest BCUT2D eigenvalue weighted by Crippen LogP contribution is 2.43. The Kier molecular flexibility index (Phi) is 3.27. The molecule has 1 unspecified atom stereocenters. The third-order valence-corrected chi connectivity index (χ3v) is 5.03. The predicted molar refractivity (Wildman–Crippen MR) is 104 cm³/mol. The van der Waals surface area contributed by atoms with E-state index in [0.29, 0.717) is 5.92 Å². The Balaban J connectivity index is 1.75. The van der Waals surface area contributed by atoms with Gasteiger partial charge in [-0.25, -0.2) is 4.99 Å². The van der Waals surface area contributed by atoms with Gasteiger partial charge in [0, 0.05) is 28.8 Å². The molecular weight excluding hydrogens is 304 g/mol. The van der Waals surface area contributed by atoms with E-state index in [1.807, 2.05) is 0 Å². The second-order valence-electron chi connectivity index (χ2n) is 6.52. The standard InChI is InChI=1S/C23H18N2/c1-3-9-16(10-4-1)19-15-21(17-11-5-2-6-12-17)25-23-22(19)18-13-7-8-14-20(18)24-23/h1-14,19,24H,15H2. The topological polar surface area (TPSA) is 28.1 Å².